The maximum absolute atomic E-state index is 11.8. The highest BCUT2D eigenvalue weighted by molar-refractivity contribution is 6.31. The van der Waals surface area contributed by atoms with Crippen LogP contribution in [0.3, 0.4) is 0 Å². The Kier molecular flexibility index (Phi) is 5.64. The van der Waals surface area contributed by atoms with Crippen LogP contribution in [0.2, 0.25) is 5.02 Å². The van der Waals surface area contributed by atoms with Gasteiger partial charge in [0, 0.05) is 30.2 Å². The molecule has 0 aliphatic carbocycles. The predicted molar refractivity (Wildman–Crippen MR) is 87.6 cm³/mol. The van der Waals surface area contributed by atoms with Crippen LogP contribution in [0.5, 0.6) is 0 Å². The molecule has 0 radical (unpaired) electrons. The number of benzene rings is 2. The van der Waals surface area contributed by atoms with Crippen LogP contribution in [-0.2, 0) is 11.3 Å². The second kappa shape index (κ2) is 7.70. The minimum absolute atomic E-state index is 0.0102. The lowest BCUT2D eigenvalue weighted by atomic mass is 10.2. The number of aryl methyl sites for hydroxylation is 1. The van der Waals surface area contributed by atoms with Gasteiger partial charge in [-0.05, 0) is 30.2 Å². The van der Waals surface area contributed by atoms with Crippen LogP contribution < -0.4 is 10.6 Å². The van der Waals surface area contributed by atoms with E-state index < -0.39 is 0 Å². The standard InChI is InChI=1S/C17H19ClN2O/c1-13-6-2-5-9-16(13)19-11-10-17(21)20-12-14-7-3-4-8-15(14)18/h2-9,19H,10-12H2,1H3,(H,20,21). The third kappa shape index (κ3) is 4.80. The zero-order valence-corrected chi connectivity index (χ0v) is 12.8. The predicted octanol–water partition coefficient (Wildman–Crippen LogP) is 3.77. The number of hydrogen-bond donors (Lipinski definition) is 2. The van der Waals surface area contributed by atoms with E-state index in [-0.39, 0.29) is 5.91 Å². The molecule has 0 bridgehead atoms. The lowest BCUT2D eigenvalue weighted by Gasteiger charge is -2.10. The number of rotatable bonds is 6. The van der Waals surface area contributed by atoms with Crippen molar-refractivity contribution in [2.75, 3.05) is 11.9 Å². The lowest BCUT2D eigenvalue weighted by Crippen LogP contribution is -2.25. The normalized spacial score (nSPS) is 10.2. The first kappa shape index (κ1) is 15.4. The minimum atomic E-state index is 0.0102. The van der Waals surface area contributed by atoms with E-state index >= 15 is 0 Å². The molecule has 0 unspecified atom stereocenters. The molecule has 0 saturated heterocycles. The van der Waals surface area contributed by atoms with Gasteiger partial charge in [-0.25, -0.2) is 0 Å². The van der Waals surface area contributed by atoms with Crippen molar-refractivity contribution in [2.24, 2.45) is 0 Å². The first-order valence-corrected chi connectivity index (χ1v) is 7.34. The van der Waals surface area contributed by atoms with E-state index in [0.29, 0.717) is 24.5 Å². The summed E-state index contributed by atoms with van der Waals surface area (Å²) in [5.74, 6) is 0.0102. The highest BCUT2D eigenvalue weighted by atomic mass is 35.5. The van der Waals surface area contributed by atoms with Crippen LogP contribution >= 0.6 is 11.6 Å². The van der Waals surface area contributed by atoms with Crippen molar-refractivity contribution in [2.45, 2.75) is 19.9 Å². The maximum atomic E-state index is 11.8. The highest BCUT2D eigenvalue weighted by Crippen LogP contribution is 2.14. The van der Waals surface area contributed by atoms with Gasteiger partial charge >= 0.3 is 0 Å². The molecule has 0 fully saturated rings. The summed E-state index contributed by atoms with van der Waals surface area (Å²) < 4.78 is 0. The van der Waals surface area contributed by atoms with Crippen molar-refractivity contribution in [1.82, 2.24) is 5.32 Å². The van der Waals surface area contributed by atoms with Crippen molar-refractivity contribution in [3.8, 4) is 0 Å². The van der Waals surface area contributed by atoms with Gasteiger partial charge in [0.25, 0.3) is 0 Å². The summed E-state index contributed by atoms with van der Waals surface area (Å²) in [5.41, 5.74) is 3.17. The van der Waals surface area contributed by atoms with Crippen molar-refractivity contribution in [3.05, 3.63) is 64.7 Å². The van der Waals surface area contributed by atoms with E-state index in [0.717, 1.165) is 11.3 Å². The second-order valence-electron chi connectivity index (χ2n) is 4.86. The van der Waals surface area contributed by atoms with Gasteiger partial charge in [0.1, 0.15) is 0 Å². The molecule has 2 aromatic rings. The molecule has 1 amide bonds. The molecular formula is C17H19ClN2O. The first-order valence-electron chi connectivity index (χ1n) is 6.96. The Morgan fingerprint density at radius 2 is 1.81 bits per heavy atom. The molecule has 0 heterocycles. The molecule has 2 rings (SSSR count). The van der Waals surface area contributed by atoms with Crippen LogP contribution in [0.15, 0.2) is 48.5 Å². The second-order valence-corrected chi connectivity index (χ2v) is 5.27. The Balaban J connectivity index is 1.73. The fraction of sp³-hybridized carbons (Fsp3) is 0.235. The maximum Gasteiger partial charge on any atom is 0.222 e. The fourth-order valence-corrected chi connectivity index (χ4v) is 2.21. The van der Waals surface area contributed by atoms with Gasteiger partial charge < -0.3 is 10.6 Å². The Morgan fingerprint density at radius 1 is 1.10 bits per heavy atom. The summed E-state index contributed by atoms with van der Waals surface area (Å²) in [4.78, 5) is 11.8. The van der Waals surface area contributed by atoms with Gasteiger partial charge in [0.05, 0.1) is 0 Å². The van der Waals surface area contributed by atoms with E-state index in [1.165, 1.54) is 5.56 Å². The summed E-state index contributed by atoms with van der Waals surface area (Å²) in [5, 5.41) is 6.82. The largest absolute Gasteiger partial charge is 0.384 e. The SMILES string of the molecule is Cc1ccccc1NCCC(=O)NCc1ccccc1Cl. The highest BCUT2D eigenvalue weighted by Gasteiger charge is 2.04. The van der Waals surface area contributed by atoms with Crippen LogP contribution in [0, 0.1) is 6.92 Å². The van der Waals surface area contributed by atoms with Gasteiger partial charge in [0.15, 0.2) is 0 Å². The summed E-state index contributed by atoms with van der Waals surface area (Å²) in [6.45, 7) is 3.11. The van der Waals surface area contributed by atoms with Gasteiger partial charge in [0.2, 0.25) is 5.91 Å². The molecule has 3 nitrogen and oxygen atoms in total. The number of nitrogens with one attached hydrogen (secondary N) is 2. The van der Waals surface area contributed by atoms with Crippen LogP contribution in [0.25, 0.3) is 0 Å². The number of halogens is 1. The average Bonchev–Trinajstić information content (AvgIpc) is 2.48. The summed E-state index contributed by atoms with van der Waals surface area (Å²) in [6.07, 6.45) is 0.429. The number of amides is 1. The van der Waals surface area contributed by atoms with Crippen molar-refractivity contribution < 1.29 is 4.79 Å². The Labute approximate surface area is 130 Å². The minimum Gasteiger partial charge on any atom is -0.384 e. The zero-order valence-electron chi connectivity index (χ0n) is 12.0. The number of para-hydroxylation sites is 1. The van der Waals surface area contributed by atoms with Crippen molar-refractivity contribution in [1.29, 1.82) is 0 Å². The molecule has 0 aliphatic heterocycles. The van der Waals surface area contributed by atoms with E-state index in [9.17, 15) is 4.79 Å². The first-order chi connectivity index (χ1) is 10.2. The Morgan fingerprint density at radius 3 is 2.57 bits per heavy atom. The summed E-state index contributed by atoms with van der Waals surface area (Å²) in [6, 6.07) is 15.5. The zero-order chi connectivity index (χ0) is 15.1. The molecule has 0 aliphatic rings. The molecule has 21 heavy (non-hydrogen) atoms. The molecule has 0 saturated carbocycles. The number of hydrogen-bond acceptors (Lipinski definition) is 2. The number of anilines is 1. The van der Waals surface area contributed by atoms with E-state index in [4.69, 9.17) is 11.6 Å². The van der Waals surface area contributed by atoms with E-state index in [2.05, 4.69) is 10.6 Å². The molecule has 4 heteroatoms. The Hall–Kier alpha value is -2.00. The van der Waals surface area contributed by atoms with Gasteiger partial charge in [-0.15, -0.1) is 0 Å². The fourth-order valence-electron chi connectivity index (χ4n) is 2.01. The average molecular weight is 303 g/mol. The smallest absolute Gasteiger partial charge is 0.222 e. The summed E-state index contributed by atoms with van der Waals surface area (Å²) >= 11 is 6.05. The molecule has 0 atom stereocenters. The molecule has 110 valence electrons. The number of carbonyl (C=O) groups excluding carboxylic acids is 1. The Bertz CT molecular complexity index is 613. The van der Waals surface area contributed by atoms with E-state index in [1.54, 1.807) is 0 Å². The van der Waals surface area contributed by atoms with Crippen LogP contribution in [-0.4, -0.2) is 12.5 Å². The van der Waals surface area contributed by atoms with Gasteiger partial charge in [-0.3, -0.25) is 4.79 Å². The quantitative estimate of drug-likeness (QED) is 0.853. The molecule has 0 spiro atoms. The molecule has 2 N–H and O–H groups in total. The lowest BCUT2D eigenvalue weighted by molar-refractivity contribution is -0.121. The third-order valence-electron chi connectivity index (χ3n) is 3.25. The van der Waals surface area contributed by atoms with Crippen molar-refractivity contribution >= 4 is 23.2 Å². The van der Waals surface area contributed by atoms with Crippen molar-refractivity contribution in [3.63, 3.8) is 0 Å². The van der Waals surface area contributed by atoms with Crippen LogP contribution in [0.1, 0.15) is 17.5 Å². The third-order valence-corrected chi connectivity index (χ3v) is 3.62. The molecule has 0 aromatic heterocycles. The monoisotopic (exact) mass is 302 g/mol. The molecular weight excluding hydrogens is 284 g/mol. The number of carbonyl (C=O) groups is 1. The topological polar surface area (TPSA) is 41.1 Å². The van der Waals surface area contributed by atoms with Gasteiger partial charge in [-0.1, -0.05) is 48.0 Å². The summed E-state index contributed by atoms with van der Waals surface area (Å²) in [7, 11) is 0. The van der Waals surface area contributed by atoms with Gasteiger partial charge in [-0.2, -0.15) is 0 Å². The van der Waals surface area contributed by atoms with E-state index in [1.807, 2.05) is 55.5 Å². The van der Waals surface area contributed by atoms with Crippen LogP contribution in [0.4, 0.5) is 5.69 Å². The molecule has 2 aromatic carbocycles.